The molecule has 0 bridgehead atoms. The summed E-state index contributed by atoms with van der Waals surface area (Å²) in [6, 6.07) is 12.1. The van der Waals surface area contributed by atoms with Crippen molar-refractivity contribution in [1.82, 2.24) is 24.3 Å². The molecule has 5 heterocycles. The second-order valence-corrected chi connectivity index (χ2v) is 8.10. The van der Waals surface area contributed by atoms with Gasteiger partial charge < -0.3 is 19.9 Å². The van der Waals surface area contributed by atoms with Gasteiger partial charge in [-0.25, -0.2) is 9.97 Å². The van der Waals surface area contributed by atoms with Gasteiger partial charge in [0.2, 0.25) is 5.95 Å². The number of fused-ring (bicyclic) bond motifs is 1. The largest absolute Gasteiger partial charge is 0.356 e. The van der Waals surface area contributed by atoms with Gasteiger partial charge in [-0.2, -0.15) is 9.97 Å². The van der Waals surface area contributed by atoms with Gasteiger partial charge in [0.05, 0.1) is 0 Å². The maximum absolute atomic E-state index is 4.82. The van der Waals surface area contributed by atoms with E-state index < -0.39 is 0 Å². The van der Waals surface area contributed by atoms with Crippen molar-refractivity contribution in [1.29, 1.82) is 0 Å². The lowest BCUT2D eigenvalue weighted by molar-refractivity contribution is 0.573. The van der Waals surface area contributed by atoms with Crippen molar-refractivity contribution in [2.24, 2.45) is 0 Å². The van der Waals surface area contributed by atoms with Crippen molar-refractivity contribution in [3.8, 4) is 0 Å². The molecule has 32 heavy (non-hydrogen) atoms. The van der Waals surface area contributed by atoms with Gasteiger partial charge in [0.1, 0.15) is 23.1 Å². The molecule has 8 nitrogen and oxygen atoms in total. The molecular formula is C24H28N8. The third-order valence-electron chi connectivity index (χ3n) is 5.62. The van der Waals surface area contributed by atoms with Crippen LogP contribution in [-0.2, 0) is 6.42 Å². The number of hydrogen-bond acceptors (Lipinski definition) is 7. The summed E-state index contributed by atoms with van der Waals surface area (Å²) in [4.78, 5) is 21.0. The van der Waals surface area contributed by atoms with Crippen LogP contribution < -0.4 is 15.5 Å². The number of nitrogens with zero attached hydrogens (tertiary/aromatic N) is 6. The van der Waals surface area contributed by atoms with Crippen LogP contribution in [0.2, 0.25) is 0 Å². The van der Waals surface area contributed by atoms with E-state index in [1.807, 2.05) is 47.1 Å². The minimum Gasteiger partial charge on any atom is -0.356 e. The predicted octanol–water partition coefficient (Wildman–Crippen LogP) is 4.95. The molecule has 1 fully saturated rings. The van der Waals surface area contributed by atoms with Crippen molar-refractivity contribution in [2.45, 2.75) is 39.0 Å². The maximum atomic E-state index is 4.82. The molecular weight excluding hydrogens is 400 g/mol. The highest BCUT2D eigenvalue weighted by atomic mass is 15.3. The monoisotopic (exact) mass is 428 g/mol. The van der Waals surface area contributed by atoms with Crippen LogP contribution in [0.1, 0.15) is 38.3 Å². The molecule has 4 aromatic heterocycles. The molecule has 0 aliphatic carbocycles. The first-order chi connectivity index (χ1) is 15.8. The van der Waals surface area contributed by atoms with Gasteiger partial charge in [-0.05, 0) is 43.9 Å². The summed E-state index contributed by atoms with van der Waals surface area (Å²) in [6.45, 7) is 4.19. The molecule has 164 valence electrons. The fourth-order valence-corrected chi connectivity index (χ4v) is 4.03. The highest BCUT2D eigenvalue weighted by Gasteiger charge is 2.15. The number of pyridine rings is 2. The van der Waals surface area contributed by atoms with Crippen LogP contribution in [0.15, 0.2) is 55.0 Å². The van der Waals surface area contributed by atoms with Crippen LogP contribution in [0, 0.1) is 0 Å². The second-order valence-electron chi connectivity index (χ2n) is 8.10. The molecule has 0 saturated carbocycles. The Kier molecular flexibility index (Phi) is 5.83. The van der Waals surface area contributed by atoms with Crippen LogP contribution in [0.5, 0.6) is 0 Å². The fraction of sp³-hybridized carbons (Fsp3) is 0.333. The van der Waals surface area contributed by atoms with Gasteiger partial charge in [0.15, 0.2) is 0 Å². The van der Waals surface area contributed by atoms with E-state index in [0.717, 1.165) is 60.4 Å². The summed E-state index contributed by atoms with van der Waals surface area (Å²) in [5, 5.41) is 6.75. The van der Waals surface area contributed by atoms with Gasteiger partial charge in [-0.15, -0.1) is 0 Å². The zero-order valence-electron chi connectivity index (χ0n) is 18.3. The van der Waals surface area contributed by atoms with E-state index in [-0.39, 0.29) is 0 Å². The Bertz CT molecular complexity index is 1200. The summed E-state index contributed by atoms with van der Waals surface area (Å²) < 4.78 is 1.98. The number of piperidine rings is 1. The molecule has 0 atom stereocenters. The van der Waals surface area contributed by atoms with Crippen LogP contribution in [0.4, 0.5) is 29.1 Å². The van der Waals surface area contributed by atoms with E-state index in [9.17, 15) is 0 Å². The Morgan fingerprint density at radius 2 is 1.81 bits per heavy atom. The molecule has 4 aromatic rings. The third kappa shape index (κ3) is 4.64. The molecule has 2 N–H and O–H groups in total. The SMILES string of the molecule is CCCc1cccc(Nc2nc(Nc3ccn4ccnc4c3)cc(N3CCCCC3)n2)n1. The van der Waals surface area contributed by atoms with Crippen LogP contribution in [-0.4, -0.2) is 37.4 Å². The van der Waals surface area contributed by atoms with Crippen molar-refractivity contribution in [3.05, 3.63) is 60.7 Å². The molecule has 1 saturated heterocycles. The number of nitrogens with one attached hydrogen (secondary N) is 2. The highest BCUT2D eigenvalue weighted by Crippen LogP contribution is 2.25. The minimum absolute atomic E-state index is 0.540. The van der Waals surface area contributed by atoms with Crippen LogP contribution in [0.25, 0.3) is 5.65 Å². The molecule has 0 aromatic carbocycles. The van der Waals surface area contributed by atoms with Gasteiger partial charge in [0, 0.05) is 55.2 Å². The smallest absolute Gasteiger partial charge is 0.232 e. The van der Waals surface area contributed by atoms with E-state index in [4.69, 9.17) is 15.0 Å². The van der Waals surface area contributed by atoms with E-state index in [1.54, 1.807) is 6.20 Å². The topological polar surface area (TPSA) is 83.3 Å². The Hall–Kier alpha value is -3.68. The first-order valence-corrected chi connectivity index (χ1v) is 11.3. The quantitative estimate of drug-likeness (QED) is 0.431. The maximum Gasteiger partial charge on any atom is 0.232 e. The van der Waals surface area contributed by atoms with E-state index in [0.29, 0.717) is 5.95 Å². The number of hydrogen-bond donors (Lipinski definition) is 2. The second kappa shape index (κ2) is 9.21. The molecule has 1 aliphatic rings. The van der Waals surface area contributed by atoms with Gasteiger partial charge in [-0.3, -0.25) is 0 Å². The van der Waals surface area contributed by atoms with Gasteiger partial charge >= 0.3 is 0 Å². The Labute approximate surface area is 187 Å². The summed E-state index contributed by atoms with van der Waals surface area (Å²) in [6.07, 6.45) is 11.4. The van der Waals surface area contributed by atoms with Gasteiger partial charge in [0.25, 0.3) is 0 Å². The summed E-state index contributed by atoms with van der Waals surface area (Å²) in [7, 11) is 0. The van der Waals surface area contributed by atoms with Crippen LogP contribution >= 0.6 is 0 Å². The lowest BCUT2D eigenvalue weighted by Gasteiger charge is -2.28. The Morgan fingerprint density at radius 3 is 2.69 bits per heavy atom. The van der Waals surface area contributed by atoms with Crippen LogP contribution in [0.3, 0.4) is 0 Å². The number of anilines is 5. The highest BCUT2D eigenvalue weighted by molar-refractivity contribution is 5.65. The summed E-state index contributed by atoms with van der Waals surface area (Å²) >= 11 is 0. The first-order valence-electron chi connectivity index (χ1n) is 11.3. The molecule has 1 aliphatic heterocycles. The van der Waals surface area contributed by atoms with E-state index >= 15 is 0 Å². The Morgan fingerprint density at radius 1 is 0.906 bits per heavy atom. The fourth-order valence-electron chi connectivity index (χ4n) is 4.03. The normalized spacial score (nSPS) is 14.0. The standard InChI is InChI=1S/C24H28N8/c1-2-7-18-8-6-9-20(26-18)28-24-29-21(17-23(30-24)31-12-4-3-5-13-31)27-19-10-14-32-15-11-25-22(32)16-19/h6,8-11,14-17H,2-5,7,12-13H2,1H3,(H2,26,27,28,29,30). The summed E-state index contributed by atoms with van der Waals surface area (Å²) in [5.74, 6) is 2.97. The van der Waals surface area contributed by atoms with Crippen molar-refractivity contribution in [3.63, 3.8) is 0 Å². The lowest BCUT2D eigenvalue weighted by Crippen LogP contribution is -2.30. The van der Waals surface area contributed by atoms with E-state index in [2.05, 4.69) is 33.5 Å². The zero-order chi connectivity index (χ0) is 21.8. The minimum atomic E-state index is 0.540. The molecule has 0 unspecified atom stereocenters. The number of aromatic nitrogens is 5. The zero-order valence-corrected chi connectivity index (χ0v) is 18.3. The molecule has 8 heteroatoms. The van der Waals surface area contributed by atoms with Crippen molar-refractivity contribution < 1.29 is 0 Å². The van der Waals surface area contributed by atoms with E-state index in [1.165, 1.54) is 19.3 Å². The number of imidazole rings is 1. The summed E-state index contributed by atoms with van der Waals surface area (Å²) in [5.41, 5.74) is 2.88. The molecule has 0 spiro atoms. The molecule has 0 radical (unpaired) electrons. The van der Waals surface area contributed by atoms with Crippen molar-refractivity contribution in [2.75, 3.05) is 28.6 Å². The molecule has 5 rings (SSSR count). The Balaban J connectivity index is 1.45. The molecule has 0 amide bonds. The first kappa shape index (κ1) is 20.2. The third-order valence-corrected chi connectivity index (χ3v) is 5.62. The number of aryl methyl sites for hydroxylation is 1. The predicted molar refractivity (Wildman–Crippen MR) is 128 cm³/mol. The average molecular weight is 429 g/mol. The van der Waals surface area contributed by atoms with Crippen molar-refractivity contribution >= 4 is 34.7 Å². The lowest BCUT2D eigenvalue weighted by atomic mass is 10.1. The number of rotatable bonds is 7. The van der Waals surface area contributed by atoms with Gasteiger partial charge in [-0.1, -0.05) is 19.4 Å². The average Bonchev–Trinajstić information content (AvgIpc) is 3.28.